The lowest BCUT2D eigenvalue weighted by molar-refractivity contribution is -0.140. The average Bonchev–Trinajstić information content (AvgIpc) is 2.91. The fourth-order valence-electron chi connectivity index (χ4n) is 3.21. The molecule has 3 rings (SSSR count). The zero-order chi connectivity index (χ0) is 28.4. The predicted molar refractivity (Wildman–Crippen MR) is 142 cm³/mol. The van der Waals surface area contributed by atoms with Gasteiger partial charge in [0.15, 0.2) is 0 Å². The van der Waals surface area contributed by atoms with Gasteiger partial charge in [-0.2, -0.15) is 0 Å². The van der Waals surface area contributed by atoms with Gasteiger partial charge < -0.3 is 15.4 Å². The van der Waals surface area contributed by atoms with Crippen molar-refractivity contribution in [2.45, 2.75) is 18.2 Å². The first-order valence-electron chi connectivity index (χ1n) is 11.6. The maximum Gasteiger partial charge on any atom is 0.302 e. The summed E-state index contributed by atoms with van der Waals surface area (Å²) in [4.78, 5) is 51.2. The van der Waals surface area contributed by atoms with Gasteiger partial charge in [-0.3, -0.25) is 24.2 Å². The molecule has 1 heterocycles. The Hall–Kier alpha value is -4.29. The quantitative estimate of drug-likeness (QED) is 0.232. The molecule has 0 aliphatic heterocycles. The zero-order valence-electron chi connectivity index (χ0n) is 20.8. The highest BCUT2D eigenvalue weighted by Crippen LogP contribution is 2.13. The van der Waals surface area contributed by atoms with Crippen LogP contribution in [0.5, 0.6) is 0 Å². The molecule has 0 unspecified atom stereocenters. The van der Waals surface area contributed by atoms with Gasteiger partial charge in [0.25, 0.3) is 27.7 Å². The molecular weight excluding hydrogens is 548 g/mol. The molecule has 0 saturated heterocycles. The van der Waals surface area contributed by atoms with Crippen LogP contribution < -0.4 is 15.4 Å². The van der Waals surface area contributed by atoms with Gasteiger partial charge in [-0.15, -0.1) is 0 Å². The lowest BCUT2D eigenvalue weighted by Gasteiger charge is -2.09. The molecule has 1 aromatic heterocycles. The van der Waals surface area contributed by atoms with E-state index < -0.39 is 27.8 Å². The number of ether oxygens (including phenoxy) is 1. The highest BCUT2D eigenvalue weighted by atomic mass is 35.5. The van der Waals surface area contributed by atoms with E-state index in [2.05, 4.69) is 15.6 Å². The van der Waals surface area contributed by atoms with Crippen molar-refractivity contribution in [2.24, 2.45) is 0 Å². The van der Waals surface area contributed by atoms with Crippen molar-refractivity contribution < 1.29 is 32.3 Å². The minimum Gasteiger partial charge on any atom is -0.464 e. The number of benzene rings is 2. The smallest absolute Gasteiger partial charge is 0.302 e. The topological polar surface area (TPSA) is 161 Å². The normalized spacial score (nSPS) is 10.8. The second-order valence-electron chi connectivity index (χ2n) is 8.12. The molecule has 204 valence electrons. The number of carbonyl (C=O) groups is 4. The molecule has 3 aromatic rings. The van der Waals surface area contributed by atoms with Gasteiger partial charge in [0.05, 0.1) is 17.0 Å². The number of nitrogens with zero attached hydrogens (tertiary/aromatic N) is 1. The van der Waals surface area contributed by atoms with E-state index in [1.54, 1.807) is 36.4 Å². The van der Waals surface area contributed by atoms with Crippen molar-refractivity contribution in [3.8, 4) is 0 Å². The Bertz CT molecular complexity index is 1440. The number of rotatable bonds is 11. The van der Waals surface area contributed by atoms with E-state index in [1.807, 2.05) is 4.72 Å². The number of pyridine rings is 1. The minimum absolute atomic E-state index is 0.00128. The molecule has 3 N–H and O–H groups in total. The summed E-state index contributed by atoms with van der Waals surface area (Å²) >= 11 is 5.82. The van der Waals surface area contributed by atoms with Crippen molar-refractivity contribution in [3.05, 3.63) is 94.3 Å². The Labute approximate surface area is 230 Å². The van der Waals surface area contributed by atoms with E-state index >= 15 is 0 Å². The molecule has 0 atom stereocenters. The van der Waals surface area contributed by atoms with E-state index in [-0.39, 0.29) is 35.2 Å². The van der Waals surface area contributed by atoms with Crippen molar-refractivity contribution in [3.63, 3.8) is 0 Å². The van der Waals surface area contributed by atoms with Crippen molar-refractivity contribution in [2.75, 3.05) is 19.7 Å². The highest BCUT2D eigenvalue weighted by Gasteiger charge is 2.19. The second kappa shape index (κ2) is 13.5. The summed E-state index contributed by atoms with van der Waals surface area (Å²) in [5.74, 6) is -2.19. The molecule has 0 saturated carbocycles. The predicted octanol–water partition coefficient (Wildman–Crippen LogP) is 2.12. The molecule has 0 fully saturated rings. The van der Waals surface area contributed by atoms with Gasteiger partial charge in [-0.05, 0) is 60.5 Å². The number of nitrogens with one attached hydrogen (secondary N) is 3. The summed E-state index contributed by atoms with van der Waals surface area (Å²) < 4.78 is 32.0. The average molecular weight is 573 g/mol. The summed E-state index contributed by atoms with van der Waals surface area (Å²) in [6, 6.07) is 14.9. The fraction of sp³-hybridized carbons (Fsp3) is 0.192. The van der Waals surface area contributed by atoms with Gasteiger partial charge >= 0.3 is 5.97 Å². The Kier molecular flexibility index (Phi) is 10.1. The molecule has 0 bridgehead atoms. The molecule has 2 aromatic carbocycles. The van der Waals surface area contributed by atoms with Crippen LogP contribution in [0.2, 0.25) is 5.02 Å². The van der Waals surface area contributed by atoms with Crippen LogP contribution in [0.15, 0.2) is 71.8 Å². The minimum atomic E-state index is -4.17. The van der Waals surface area contributed by atoms with Crippen LogP contribution in [0.1, 0.15) is 43.7 Å². The number of esters is 1. The third-order valence-corrected chi connectivity index (χ3v) is 6.82. The number of aromatic nitrogens is 1. The molecule has 0 radical (unpaired) electrons. The van der Waals surface area contributed by atoms with E-state index in [4.69, 9.17) is 16.3 Å². The highest BCUT2D eigenvalue weighted by molar-refractivity contribution is 7.90. The molecule has 39 heavy (non-hydrogen) atoms. The lowest BCUT2D eigenvalue weighted by atomic mass is 10.1. The molecule has 11 nitrogen and oxygen atoms in total. The largest absolute Gasteiger partial charge is 0.464 e. The van der Waals surface area contributed by atoms with Gasteiger partial charge in [-0.25, -0.2) is 13.1 Å². The maximum atomic E-state index is 12.7. The van der Waals surface area contributed by atoms with Crippen LogP contribution in [-0.4, -0.2) is 56.8 Å². The Morgan fingerprint density at radius 2 is 1.46 bits per heavy atom. The number of carbonyl (C=O) groups excluding carboxylic acids is 4. The third kappa shape index (κ3) is 8.90. The molecule has 3 amide bonds. The van der Waals surface area contributed by atoms with Crippen LogP contribution >= 0.6 is 11.6 Å². The summed E-state index contributed by atoms with van der Waals surface area (Å²) in [6.07, 6.45) is 1.54. The third-order valence-electron chi connectivity index (χ3n) is 5.22. The van der Waals surface area contributed by atoms with Crippen LogP contribution in [0.4, 0.5) is 0 Å². The van der Waals surface area contributed by atoms with Crippen LogP contribution in [0, 0.1) is 0 Å². The lowest BCUT2D eigenvalue weighted by Crippen LogP contribution is -2.31. The number of hydrogen-bond donors (Lipinski definition) is 3. The van der Waals surface area contributed by atoms with E-state index in [0.717, 1.165) is 11.8 Å². The molecule has 13 heteroatoms. The van der Waals surface area contributed by atoms with Crippen LogP contribution in [-0.2, 0) is 26.0 Å². The number of sulfonamides is 1. The summed E-state index contributed by atoms with van der Waals surface area (Å²) in [5.41, 5.74) is 1.18. The molecule has 0 spiro atoms. The summed E-state index contributed by atoms with van der Waals surface area (Å²) in [7, 11) is -4.17. The van der Waals surface area contributed by atoms with E-state index in [0.29, 0.717) is 23.6 Å². The molecule has 0 aliphatic carbocycles. The van der Waals surface area contributed by atoms with Crippen molar-refractivity contribution in [1.29, 1.82) is 0 Å². The maximum absolute atomic E-state index is 12.7. The SMILES string of the molecule is CC(=O)OCCNC(=O)c1ccc(C(=O)NS(=O)(=O)c2ccc(CCNC(=O)c3ccc(Cl)cc3)cc2)cn1. The zero-order valence-corrected chi connectivity index (χ0v) is 22.3. The van der Waals surface area contributed by atoms with Gasteiger partial charge in [0.2, 0.25) is 0 Å². The van der Waals surface area contributed by atoms with Crippen molar-refractivity contribution in [1.82, 2.24) is 20.3 Å². The second-order valence-corrected chi connectivity index (χ2v) is 10.2. The van der Waals surface area contributed by atoms with Gasteiger partial charge in [-0.1, -0.05) is 23.7 Å². The molecular formula is C26H25ClN4O7S. The first kappa shape index (κ1) is 29.3. The van der Waals surface area contributed by atoms with Crippen molar-refractivity contribution >= 4 is 45.3 Å². The van der Waals surface area contributed by atoms with E-state index in [9.17, 15) is 27.6 Å². The van der Waals surface area contributed by atoms with Crippen LogP contribution in [0.3, 0.4) is 0 Å². The molecule has 0 aliphatic rings. The first-order valence-corrected chi connectivity index (χ1v) is 13.5. The first-order chi connectivity index (χ1) is 18.5. The standard InChI is InChI=1S/C26H25ClN4O7S/c1-17(32)38-15-14-29-26(35)23-11-6-20(16-30-23)25(34)31-39(36,37)22-9-2-18(3-10-22)12-13-28-24(33)19-4-7-21(27)8-5-19/h2-11,16H,12-15H2,1H3,(H,28,33)(H,29,35)(H,31,34). The Balaban J connectivity index is 1.50. The summed E-state index contributed by atoms with van der Waals surface area (Å²) in [5, 5.41) is 5.80. The number of amides is 3. The van der Waals surface area contributed by atoms with Gasteiger partial charge in [0, 0.05) is 30.3 Å². The van der Waals surface area contributed by atoms with E-state index in [1.165, 1.54) is 31.2 Å². The summed E-state index contributed by atoms with van der Waals surface area (Å²) in [6.45, 7) is 1.66. The fourth-order valence-corrected chi connectivity index (χ4v) is 4.31. The number of halogens is 1. The Morgan fingerprint density at radius 1 is 0.821 bits per heavy atom. The number of hydrogen-bond acceptors (Lipinski definition) is 8. The Morgan fingerprint density at radius 3 is 2.08 bits per heavy atom. The van der Waals surface area contributed by atoms with Crippen LogP contribution in [0.25, 0.3) is 0 Å². The monoisotopic (exact) mass is 572 g/mol. The van der Waals surface area contributed by atoms with Gasteiger partial charge in [0.1, 0.15) is 12.3 Å².